The number of amides is 1. The first-order chi connectivity index (χ1) is 14.7. The van der Waals surface area contributed by atoms with Gasteiger partial charge in [0.05, 0.1) is 24.8 Å². The Labute approximate surface area is 177 Å². The molecule has 2 bridgehead atoms. The Hall–Kier alpha value is -2.62. The smallest absolute Gasteiger partial charge is 0.246 e. The molecular weight excluding hydrogens is 378 g/mol. The minimum atomic E-state index is -0.0480. The van der Waals surface area contributed by atoms with E-state index in [2.05, 4.69) is 28.4 Å². The average Bonchev–Trinajstić information content (AvgIpc) is 3.02. The molecule has 0 radical (unpaired) electrons. The molecule has 2 aromatic rings. The lowest BCUT2D eigenvalue weighted by Gasteiger charge is -2.41. The van der Waals surface area contributed by atoms with Crippen molar-refractivity contribution in [3.05, 3.63) is 42.0 Å². The number of nitriles is 1. The summed E-state index contributed by atoms with van der Waals surface area (Å²) in [6, 6.07) is 15.5. The van der Waals surface area contributed by atoms with E-state index in [0.717, 1.165) is 36.5 Å². The fourth-order valence-corrected chi connectivity index (χ4v) is 4.99. The lowest BCUT2D eigenvalue weighted by molar-refractivity contribution is -0.127. The van der Waals surface area contributed by atoms with Crippen LogP contribution in [-0.2, 0) is 14.3 Å². The van der Waals surface area contributed by atoms with Crippen molar-refractivity contribution in [2.45, 2.75) is 50.7 Å². The van der Waals surface area contributed by atoms with Gasteiger partial charge in [-0.15, -0.1) is 0 Å². The van der Waals surface area contributed by atoms with E-state index in [-0.39, 0.29) is 18.6 Å². The van der Waals surface area contributed by atoms with Crippen LogP contribution in [0.3, 0.4) is 0 Å². The molecule has 0 saturated carbocycles. The molecule has 4 rings (SSSR count). The van der Waals surface area contributed by atoms with Crippen LogP contribution in [0.25, 0.3) is 10.8 Å². The third-order valence-electron chi connectivity index (χ3n) is 6.21. The van der Waals surface area contributed by atoms with Crippen molar-refractivity contribution in [2.75, 3.05) is 31.3 Å². The van der Waals surface area contributed by atoms with E-state index in [1.165, 1.54) is 5.69 Å². The summed E-state index contributed by atoms with van der Waals surface area (Å²) in [5.74, 6) is -0.0480. The van der Waals surface area contributed by atoms with Crippen LogP contribution in [0.15, 0.2) is 36.4 Å². The molecule has 6 nitrogen and oxygen atoms in total. The summed E-state index contributed by atoms with van der Waals surface area (Å²) in [5, 5.41) is 14.8. The van der Waals surface area contributed by atoms with Crippen molar-refractivity contribution in [1.29, 1.82) is 5.26 Å². The molecule has 1 N–H and O–H groups in total. The first-order valence-electron chi connectivity index (χ1n) is 10.9. The maximum absolute atomic E-state index is 12.3. The van der Waals surface area contributed by atoms with Crippen LogP contribution in [-0.4, -0.2) is 50.5 Å². The number of benzene rings is 2. The number of hydrogen-bond acceptors (Lipinski definition) is 5. The minimum Gasteiger partial charge on any atom is -0.379 e. The van der Waals surface area contributed by atoms with Crippen molar-refractivity contribution < 1.29 is 14.3 Å². The van der Waals surface area contributed by atoms with Gasteiger partial charge in [-0.05, 0) is 44.7 Å². The number of rotatable bonds is 8. The Balaban J connectivity index is 1.41. The van der Waals surface area contributed by atoms with Gasteiger partial charge in [0.2, 0.25) is 5.91 Å². The van der Waals surface area contributed by atoms with E-state index in [4.69, 9.17) is 9.47 Å². The second kappa shape index (κ2) is 9.46. The molecule has 2 aliphatic rings. The van der Waals surface area contributed by atoms with Crippen LogP contribution in [0, 0.1) is 11.3 Å². The molecule has 0 spiro atoms. The number of ether oxygens (including phenoxy) is 2. The summed E-state index contributed by atoms with van der Waals surface area (Å²) in [4.78, 5) is 14.8. The van der Waals surface area contributed by atoms with E-state index in [1.54, 1.807) is 0 Å². The molecule has 2 heterocycles. The van der Waals surface area contributed by atoms with Crippen molar-refractivity contribution in [2.24, 2.45) is 0 Å². The SMILES string of the molecule is CCOCCOCC(=O)NC1CC2CCC(C1)N2c1ccc(C#N)c2ccccc12. The van der Waals surface area contributed by atoms with Gasteiger partial charge in [0.1, 0.15) is 6.61 Å². The molecule has 0 aliphatic carbocycles. The summed E-state index contributed by atoms with van der Waals surface area (Å²) >= 11 is 0. The summed E-state index contributed by atoms with van der Waals surface area (Å²) in [7, 11) is 0. The highest BCUT2D eigenvalue weighted by Crippen LogP contribution is 2.42. The van der Waals surface area contributed by atoms with Crippen LogP contribution >= 0.6 is 0 Å². The second-order valence-electron chi connectivity index (χ2n) is 8.07. The van der Waals surface area contributed by atoms with Crippen molar-refractivity contribution in [3.63, 3.8) is 0 Å². The Bertz CT molecular complexity index is 925. The number of anilines is 1. The number of nitrogens with one attached hydrogen (secondary N) is 1. The first kappa shape index (κ1) is 20.6. The highest BCUT2D eigenvalue weighted by Gasteiger charge is 2.41. The monoisotopic (exact) mass is 407 g/mol. The Morgan fingerprint density at radius 1 is 1.10 bits per heavy atom. The van der Waals surface area contributed by atoms with E-state index in [9.17, 15) is 10.1 Å². The topological polar surface area (TPSA) is 74.6 Å². The number of hydrogen-bond donors (Lipinski definition) is 1. The summed E-state index contributed by atoms with van der Waals surface area (Å²) in [6.07, 6.45) is 4.15. The third-order valence-corrected chi connectivity index (χ3v) is 6.21. The number of piperidine rings is 1. The molecule has 1 amide bonds. The Kier molecular flexibility index (Phi) is 6.51. The van der Waals surface area contributed by atoms with Gasteiger partial charge in [-0.1, -0.05) is 24.3 Å². The van der Waals surface area contributed by atoms with Gasteiger partial charge in [-0.2, -0.15) is 5.26 Å². The van der Waals surface area contributed by atoms with Crippen LogP contribution in [0.1, 0.15) is 38.2 Å². The van der Waals surface area contributed by atoms with Crippen LogP contribution in [0.5, 0.6) is 0 Å². The van der Waals surface area contributed by atoms with Crippen molar-refractivity contribution in [3.8, 4) is 6.07 Å². The van der Waals surface area contributed by atoms with E-state index >= 15 is 0 Å². The molecular formula is C24H29N3O3. The Morgan fingerprint density at radius 2 is 1.80 bits per heavy atom. The molecule has 2 saturated heterocycles. The second-order valence-corrected chi connectivity index (χ2v) is 8.07. The van der Waals surface area contributed by atoms with Gasteiger partial charge in [0.25, 0.3) is 0 Å². The van der Waals surface area contributed by atoms with Crippen LogP contribution in [0.2, 0.25) is 0 Å². The maximum atomic E-state index is 12.3. The van der Waals surface area contributed by atoms with Crippen LogP contribution < -0.4 is 10.2 Å². The van der Waals surface area contributed by atoms with Gasteiger partial charge in [-0.25, -0.2) is 0 Å². The number of carbonyl (C=O) groups is 1. The molecule has 2 aromatic carbocycles. The summed E-state index contributed by atoms with van der Waals surface area (Å²) < 4.78 is 10.6. The average molecular weight is 408 g/mol. The zero-order valence-corrected chi connectivity index (χ0v) is 17.5. The number of nitrogens with zero attached hydrogens (tertiary/aromatic N) is 2. The standard InChI is InChI=1S/C24H29N3O3/c1-2-29-11-12-30-16-24(28)26-18-13-19-8-9-20(14-18)27(19)23-10-7-17(15-25)21-5-3-4-6-22(21)23/h3-7,10,18-20H,2,8-9,11-14,16H2,1H3,(H,26,28). The first-order valence-corrected chi connectivity index (χ1v) is 10.9. The lowest BCUT2D eigenvalue weighted by atomic mass is 9.94. The molecule has 2 fully saturated rings. The molecule has 30 heavy (non-hydrogen) atoms. The molecule has 2 aliphatic heterocycles. The van der Waals surface area contributed by atoms with Gasteiger partial charge in [0, 0.05) is 41.2 Å². The fraction of sp³-hybridized carbons (Fsp3) is 0.500. The van der Waals surface area contributed by atoms with E-state index in [1.807, 2.05) is 31.2 Å². The van der Waals surface area contributed by atoms with Gasteiger partial charge in [0.15, 0.2) is 0 Å². The predicted molar refractivity (Wildman–Crippen MR) is 116 cm³/mol. The molecule has 0 aromatic heterocycles. The van der Waals surface area contributed by atoms with Gasteiger partial charge < -0.3 is 19.7 Å². The zero-order chi connectivity index (χ0) is 20.9. The Morgan fingerprint density at radius 3 is 2.50 bits per heavy atom. The van der Waals surface area contributed by atoms with Gasteiger partial charge >= 0.3 is 0 Å². The highest BCUT2D eigenvalue weighted by molar-refractivity contribution is 5.98. The summed E-state index contributed by atoms with van der Waals surface area (Å²) in [5.41, 5.74) is 1.93. The maximum Gasteiger partial charge on any atom is 0.246 e. The highest BCUT2D eigenvalue weighted by atomic mass is 16.5. The molecule has 158 valence electrons. The van der Waals surface area contributed by atoms with Crippen molar-refractivity contribution in [1.82, 2.24) is 5.32 Å². The number of fused-ring (bicyclic) bond motifs is 3. The van der Waals surface area contributed by atoms with Crippen LogP contribution in [0.4, 0.5) is 5.69 Å². The third kappa shape index (κ3) is 4.28. The minimum absolute atomic E-state index is 0.0480. The quantitative estimate of drug-likeness (QED) is 0.679. The van der Waals surface area contributed by atoms with Gasteiger partial charge in [-0.3, -0.25) is 4.79 Å². The van der Waals surface area contributed by atoms with E-state index in [0.29, 0.717) is 37.5 Å². The fourth-order valence-electron chi connectivity index (χ4n) is 4.99. The van der Waals surface area contributed by atoms with Crippen molar-refractivity contribution >= 4 is 22.4 Å². The number of carbonyl (C=O) groups excluding carboxylic acids is 1. The molecule has 2 unspecified atom stereocenters. The largest absolute Gasteiger partial charge is 0.379 e. The van der Waals surface area contributed by atoms with E-state index < -0.39 is 0 Å². The molecule has 2 atom stereocenters. The normalized spacial score (nSPS) is 22.8. The predicted octanol–water partition coefficient (Wildman–Crippen LogP) is 3.38. The lowest BCUT2D eigenvalue weighted by Crippen LogP contribution is -2.51. The zero-order valence-electron chi connectivity index (χ0n) is 17.5. The molecule has 6 heteroatoms. The summed E-state index contributed by atoms with van der Waals surface area (Å²) in [6.45, 7) is 3.64.